The molecule has 0 amide bonds. The summed E-state index contributed by atoms with van der Waals surface area (Å²) in [6, 6.07) is 0. The molecule has 0 aromatic rings. The number of hydrogen-bond donors (Lipinski definition) is 5. The minimum absolute atomic E-state index is 0.397. The summed E-state index contributed by atoms with van der Waals surface area (Å²) in [5.41, 5.74) is -0.681. The van der Waals surface area contributed by atoms with Crippen molar-refractivity contribution >= 4 is 41.4 Å². The van der Waals surface area contributed by atoms with E-state index >= 15 is 0 Å². The van der Waals surface area contributed by atoms with E-state index in [0.717, 1.165) is 11.8 Å². The molecule has 2 rings (SSSR count). The molecule has 3 unspecified atom stereocenters. The molecule has 0 bridgehead atoms. The van der Waals surface area contributed by atoms with Crippen LogP contribution in [0.2, 0.25) is 0 Å². The summed E-state index contributed by atoms with van der Waals surface area (Å²) in [4.78, 5) is 43.6. The fourth-order valence-electron chi connectivity index (χ4n) is 2.23. The molecule has 138 valence electrons. The van der Waals surface area contributed by atoms with Crippen molar-refractivity contribution in [2.45, 2.75) is 30.9 Å². The first-order valence-corrected chi connectivity index (χ1v) is 8.51. The molecule has 2 saturated heterocycles. The fraction of sp³-hybridized carbons (Fsp3) is 0.615. The molecule has 2 aliphatic heterocycles. The van der Waals surface area contributed by atoms with Gasteiger partial charge in [0.05, 0.1) is 0 Å². The number of ether oxygens (including phenoxy) is 1. The van der Waals surface area contributed by atoms with E-state index in [9.17, 15) is 24.6 Å². The third-order valence-corrected chi connectivity index (χ3v) is 4.53. The summed E-state index contributed by atoms with van der Waals surface area (Å²) in [6.07, 6.45) is -2.06. The number of cyclic esters (lactones) is 1. The van der Waals surface area contributed by atoms with Gasteiger partial charge in [-0.25, -0.2) is 0 Å². The number of carboxylic acids is 1. The van der Waals surface area contributed by atoms with E-state index in [1.807, 2.05) is 13.8 Å². The second-order valence-electron chi connectivity index (χ2n) is 5.00. The van der Waals surface area contributed by atoms with Gasteiger partial charge in [0.15, 0.2) is 17.4 Å². The molecule has 0 aromatic heterocycles. The average molecular weight is 373 g/mol. The molecule has 0 spiro atoms. The standard InChI is InChI=1S/C13H19N5O6S/c1-3-14-11-16-12(15-4-2)18-13(17-11)25-7-5(8(20)21)6(19)9(22)24-10(7)23/h5,7,9,13,22H,3-4H2,1-2H3,(H,20,21)(H3,14,15,16,17,18). The van der Waals surface area contributed by atoms with Crippen LogP contribution in [-0.4, -0.2) is 70.0 Å². The Morgan fingerprint density at radius 1 is 1.20 bits per heavy atom. The predicted molar refractivity (Wildman–Crippen MR) is 88.8 cm³/mol. The number of esters is 1. The number of nitrogens with zero attached hydrogens (tertiary/aromatic N) is 2. The van der Waals surface area contributed by atoms with Crippen LogP contribution in [0.4, 0.5) is 0 Å². The van der Waals surface area contributed by atoms with Gasteiger partial charge < -0.3 is 25.6 Å². The molecular formula is C13H19N5O6S. The average Bonchev–Trinajstić information content (AvgIpc) is 2.53. The Hall–Kier alpha value is -2.34. The highest BCUT2D eigenvalue weighted by atomic mass is 32.2. The molecule has 0 aliphatic carbocycles. The number of guanidine groups is 2. The molecule has 2 fully saturated rings. The van der Waals surface area contributed by atoms with Crippen molar-refractivity contribution in [1.82, 2.24) is 16.0 Å². The highest BCUT2D eigenvalue weighted by Crippen LogP contribution is 2.30. The van der Waals surface area contributed by atoms with Crippen molar-refractivity contribution in [1.29, 1.82) is 0 Å². The largest absolute Gasteiger partial charge is 0.481 e. The summed E-state index contributed by atoms with van der Waals surface area (Å²) in [5, 5.41) is 26.1. The Kier molecular flexibility index (Phi) is 6.20. The normalized spacial score (nSPS) is 32.6. The Labute approximate surface area is 147 Å². The fourth-order valence-corrected chi connectivity index (χ4v) is 3.46. The predicted octanol–water partition coefficient (Wildman–Crippen LogP) is -1.95. The zero-order valence-electron chi connectivity index (χ0n) is 13.6. The van der Waals surface area contributed by atoms with Crippen LogP contribution in [0.15, 0.2) is 9.98 Å². The van der Waals surface area contributed by atoms with Crippen molar-refractivity contribution in [3.05, 3.63) is 0 Å². The number of rotatable bonds is 5. The van der Waals surface area contributed by atoms with Crippen LogP contribution in [0.1, 0.15) is 13.8 Å². The van der Waals surface area contributed by atoms with E-state index in [1.165, 1.54) is 0 Å². The molecule has 0 saturated carbocycles. The van der Waals surface area contributed by atoms with Gasteiger partial charge in [0.1, 0.15) is 11.2 Å². The van der Waals surface area contributed by atoms with E-state index in [1.54, 1.807) is 0 Å². The number of aliphatic imine (C=N–C) groups is 2. The second-order valence-corrected chi connectivity index (χ2v) is 6.26. The Morgan fingerprint density at radius 3 is 2.24 bits per heavy atom. The molecule has 0 radical (unpaired) electrons. The zero-order chi connectivity index (χ0) is 18.6. The van der Waals surface area contributed by atoms with E-state index in [0.29, 0.717) is 25.0 Å². The first kappa shape index (κ1) is 19.0. The Morgan fingerprint density at radius 2 is 1.76 bits per heavy atom. The van der Waals surface area contributed by atoms with Gasteiger partial charge >= 0.3 is 11.9 Å². The molecule has 2 aliphatic rings. The number of aliphatic hydroxyl groups is 1. The lowest BCUT2D eigenvalue weighted by molar-refractivity contribution is -0.189. The molecule has 5 N–H and O–H groups in total. The third-order valence-electron chi connectivity index (χ3n) is 3.27. The number of ketones is 1. The summed E-state index contributed by atoms with van der Waals surface area (Å²) in [7, 11) is 0. The Bertz CT molecular complexity index is 602. The number of aliphatic carboxylic acids is 1. The van der Waals surface area contributed by atoms with E-state index < -0.39 is 40.7 Å². The van der Waals surface area contributed by atoms with Gasteiger partial charge in [0.2, 0.25) is 5.78 Å². The summed E-state index contributed by atoms with van der Waals surface area (Å²) in [6.45, 7) is 4.63. The van der Waals surface area contributed by atoms with Crippen LogP contribution < -0.4 is 16.0 Å². The minimum atomic E-state index is -2.06. The molecule has 11 nitrogen and oxygen atoms in total. The highest BCUT2D eigenvalue weighted by Gasteiger charge is 2.50. The van der Waals surface area contributed by atoms with E-state index in [2.05, 4.69) is 30.7 Å². The number of carbonyl (C=O) groups excluding carboxylic acids is 2. The van der Waals surface area contributed by atoms with Crippen LogP contribution in [0.5, 0.6) is 0 Å². The Balaban J connectivity index is 2.21. The number of hydrogen-bond acceptors (Lipinski definition) is 8. The lowest BCUT2D eigenvalue weighted by atomic mass is 9.97. The van der Waals surface area contributed by atoms with E-state index in [4.69, 9.17) is 0 Å². The van der Waals surface area contributed by atoms with Crippen LogP contribution in [-0.2, 0) is 19.1 Å². The summed E-state index contributed by atoms with van der Waals surface area (Å²) >= 11 is 0.840. The van der Waals surface area contributed by atoms with Gasteiger partial charge in [0, 0.05) is 13.1 Å². The number of thioether (sulfide) groups is 1. The molecule has 25 heavy (non-hydrogen) atoms. The zero-order valence-corrected chi connectivity index (χ0v) is 14.4. The van der Waals surface area contributed by atoms with Gasteiger partial charge in [-0.2, -0.15) is 0 Å². The van der Waals surface area contributed by atoms with Crippen molar-refractivity contribution in [3.63, 3.8) is 0 Å². The van der Waals surface area contributed by atoms with Gasteiger partial charge in [-0.15, -0.1) is 0 Å². The lowest BCUT2D eigenvalue weighted by Gasteiger charge is -2.34. The highest BCUT2D eigenvalue weighted by molar-refractivity contribution is 8.01. The van der Waals surface area contributed by atoms with Crippen LogP contribution in [0.25, 0.3) is 0 Å². The molecule has 12 heteroatoms. The topological polar surface area (TPSA) is 162 Å². The van der Waals surface area contributed by atoms with E-state index in [-0.39, 0.29) is 0 Å². The summed E-state index contributed by atoms with van der Waals surface area (Å²) in [5.74, 6) is -4.46. The van der Waals surface area contributed by atoms with Crippen LogP contribution in [0.3, 0.4) is 0 Å². The van der Waals surface area contributed by atoms with Gasteiger partial charge in [0.25, 0.3) is 6.29 Å². The first-order chi connectivity index (χ1) is 11.9. The monoisotopic (exact) mass is 373 g/mol. The number of carbonyl (C=O) groups is 3. The van der Waals surface area contributed by atoms with Crippen molar-refractivity contribution in [2.75, 3.05) is 13.1 Å². The minimum Gasteiger partial charge on any atom is -0.481 e. The van der Waals surface area contributed by atoms with Crippen LogP contribution >= 0.6 is 11.8 Å². The maximum absolute atomic E-state index is 12.0. The van der Waals surface area contributed by atoms with Gasteiger partial charge in [-0.05, 0) is 13.8 Å². The number of aliphatic hydroxyl groups excluding tert-OH is 1. The lowest BCUT2D eigenvalue weighted by Crippen LogP contribution is -2.63. The van der Waals surface area contributed by atoms with Gasteiger partial charge in [-0.1, -0.05) is 11.8 Å². The van der Waals surface area contributed by atoms with Crippen molar-refractivity contribution in [3.8, 4) is 0 Å². The summed E-state index contributed by atoms with van der Waals surface area (Å²) < 4.78 is 4.53. The first-order valence-electron chi connectivity index (χ1n) is 7.56. The van der Waals surface area contributed by atoms with Crippen molar-refractivity contribution in [2.24, 2.45) is 15.9 Å². The number of nitrogens with one attached hydrogen (secondary N) is 3. The third kappa shape index (κ3) is 4.39. The molecular weight excluding hydrogens is 354 g/mol. The molecule has 2 heterocycles. The quantitative estimate of drug-likeness (QED) is 0.270. The number of Topliss-reactive ketones (excluding diaryl/α,β-unsaturated/α-hetero) is 1. The SMILES string of the molecule is CCN=C1NC(=NCC)NC(SC2C(=O)OC(O)C(=O)C2C(=O)O)N1. The maximum Gasteiger partial charge on any atom is 0.323 e. The molecule has 0 aromatic carbocycles. The smallest absolute Gasteiger partial charge is 0.323 e. The molecule has 3 atom stereocenters. The second kappa shape index (κ2) is 8.16. The van der Waals surface area contributed by atoms with Crippen LogP contribution in [0, 0.1) is 5.92 Å². The van der Waals surface area contributed by atoms with Gasteiger partial charge in [-0.3, -0.25) is 29.7 Å². The number of carboxylic acid groups (broad SMARTS) is 1. The maximum atomic E-state index is 12.0. The van der Waals surface area contributed by atoms with Crippen molar-refractivity contribution < 1.29 is 29.3 Å².